The van der Waals surface area contributed by atoms with E-state index in [4.69, 9.17) is 17.3 Å². The Morgan fingerprint density at radius 1 is 1.45 bits per heavy atom. The van der Waals surface area contributed by atoms with Gasteiger partial charge in [-0.1, -0.05) is 23.7 Å². The number of rotatable bonds is 5. The molecule has 0 aliphatic rings. The molecular weight excluding hydrogens is 282 g/mol. The van der Waals surface area contributed by atoms with Gasteiger partial charge < -0.3 is 15.9 Å². The molecule has 0 amide bonds. The summed E-state index contributed by atoms with van der Waals surface area (Å²) >= 11 is 5.91. The lowest BCUT2D eigenvalue weighted by molar-refractivity contribution is 0.0677. The molecule has 0 fully saturated rings. The first-order valence-corrected chi connectivity index (χ1v) is 6.34. The molecule has 1 heterocycles. The molecule has 1 aromatic carbocycles. The first-order valence-electron chi connectivity index (χ1n) is 5.96. The van der Waals surface area contributed by atoms with Crippen molar-refractivity contribution in [3.05, 3.63) is 41.0 Å². The van der Waals surface area contributed by atoms with Crippen molar-refractivity contribution in [2.75, 3.05) is 13.2 Å². The maximum absolute atomic E-state index is 11.3. The van der Waals surface area contributed by atoms with Crippen LogP contribution in [0.25, 0.3) is 11.3 Å². The van der Waals surface area contributed by atoms with Crippen LogP contribution in [-0.4, -0.2) is 39.1 Å². The molecule has 7 heteroatoms. The van der Waals surface area contributed by atoms with Crippen molar-refractivity contribution >= 4 is 17.6 Å². The monoisotopic (exact) mass is 295 g/mol. The van der Waals surface area contributed by atoms with Crippen LogP contribution in [0.2, 0.25) is 5.02 Å². The number of aliphatic hydroxyl groups excluding tert-OH is 1. The quantitative estimate of drug-likeness (QED) is 0.774. The van der Waals surface area contributed by atoms with E-state index in [2.05, 4.69) is 5.10 Å². The minimum absolute atomic E-state index is 0.0236. The van der Waals surface area contributed by atoms with E-state index in [9.17, 15) is 15.0 Å². The summed E-state index contributed by atoms with van der Waals surface area (Å²) in [6, 6.07) is 7.80. The maximum atomic E-state index is 11.3. The van der Waals surface area contributed by atoms with E-state index >= 15 is 0 Å². The number of hydrogen-bond acceptors (Lipinski definition) is 4. The number of aliphatic hydroxyl groups is 1. The second-order valence-electron chi connectivity index (χ2n) is 4.25. The molecule has 1 unspecified atom stereocenters. The Labute approximate surface area is 120 Å². The van der Waals surface area contributed by atoms with Gasteiger partial charge in [0.05, 0.1) is 18.3 Å². The molecule has 20 heavy (non-hydrogen) atoms. The summed E-state index contributed by atoms with van der Waals surface area (Å²) < 4.78 is 1.23. The van der Waals surface area contributed by atoms with Crippen molar-refractivity contribution in [2.24, 2.45) is 5.73 Å². The summed E-state index contributed by atoms with van der Waals surface area (Å²) in [6.07, 6.45) is 0. The van der Waals surface area contributed by atoms with E-state index in [1.807, 2.05) is 0 Å². The van der Waals surface area contributed by atoms with Crippen LogP contribution in [0.5, 0.6) is 0 Å². The summed E-state index contributed by atoms with van der Waals surface area (Å²) in [7, 11) is 0. The molecule has 0 saturated carbocycles. The number of carboxylic acids is 1. The summed E-state index contributed by atoms with van der Waals surface area (Å²) in [6.45, 7) is -0.194. The number of nitrogens with two attached hydrogens (primary N) is 1. The molecule has 1 aromatic heterocycles. The summed E-state index contributed by atoms with van der Waals surface area (Å²) in [5, 5.41) is 23.2. The molecular formula is C13H14ClN3O3. The van der Waals surface area contributed by atoms with Gasteiger partial charge in [-0.2, -0.15) is 5.10 Å². The van der Waals surface area contributed by atoms with E-state index in [0.29, 0.717) is 16.3 Å². The molecule has 2 aromatic rings. The lowest BCUT2D eigenvalue weighted by Crippen LogP contribution is -2.26. The van der Waals surface area contributed by atoms with Crippen LogP contribution in [-0.2, 0) is 0 Å². The van der Waals surface area contributed by atoms with E-state index in [1.54, 1.807) is 24.3 Å². The average molecular weight is 296 g/mol. The molecule has 2 rings (SSSR count). The van der Waals surface area contributed by atoms with Gasteiger partial charge in [-0.3, -0.25) is 4.68 Å². The molecule has 1 atom stereocenters. The summed E-state index contributed by atoms with van der Waals surface area (Å²) in [4.78, 5) is 11.3. The third kappa shape index (κ3) is 2.82. The third-order valence-corrected chi connectivity index (χ3v) is 3.14. The minimum atomic E-state index is -1.13. The van der Waals surface area contributed by atoms with Crippen LogP contribution in [0.3, 0.4) is 0 Å². The molecule has 0 aliphatic carbocycles. The number of nitrogens with zero attached hydrogens (tertiary/aromatic N) is 2. The van der Waals surface area contributed by atoms with Crippen molar-refractivity contribution in [3.8, 4) is 11.3 Å². The van der Waals surface area contributed by atoms with Gasteiger partial charge >= 0.3 is 5.97 Å². The normalized spacial score (nSPS) is 12.3. The van der Waals surface area contributed by atoms with Crippen LogP contribution in [0.1, 0.15) is 16.5 Å². The van der Waals surface area contributed by atoms with Gasteiger partial charge in [-0.05, 0) is 18.2 Å². The highest BCUT2D eigenvalue weighted by Gasteiger charge is 2.20. The summed E-state index contributed by atoms with van der Waals surface area (Å²) in [5.74, 6) is -1.13. The fourth-order valence-corrected chi connectivity index (χ4v) is 2.06. The van der Waals surface area contributed by atoms with Crippen LogP contribution < -0.4 is 5.73 Å². The van der Waals surface area contributed by atoms with Crippen LogP contribution in [0, 0.1) is 0 Å². The van der Waals surface area contributed by atoms with Gasteiger partial charge in [-0.15, -0.1) is 0 Å². The predicted molar refractivity (Wildman–Crippen MR) is 74.8 cm³/mol. The molecule has 6 nitrogen and oxygen atoms in total. The van der Waals surface area contributed by atoms with Crippen molar-refractivity contribution in [3.63, 3.8) is 0 Å². The molecule has 0 radical (unpaired) electrons. The molecule has 0 saturated heterocycles. The van der Waals surface area contributed by atoms with E-state index in [0.717, 1.165) is 0 Å². The molecule has 4 N–H and O–H groups in total. The highest BCUT2D eigenvalue weighted by atomic mass is 35.5. The van der Waals surface area contributed by atoms with E-state index in [1.165, 1.54) is 10.7 Å². The predicted octanol–water partition coefficient (Wildman–Crippen LogP) is 1.39. The zero-order valence-corrected chi connectivity index (χ0v) is 11.3. The van der Waals surface area contributed by atoms with Gasteiger partial charge in [0.15, 0.2) is 0 Å². The van der Waals surface area contributed by atoms with E-state index < -0.39 is 12.0 Å². The van der Waals surface area contributed by atoms with Crippen molar-refractivity contribution in [1.82, 2.24) is 9.78 Å². The van der Waals surface area contributed by atoms with Gasteiger partial charge in [0.1, 0.15) is 5.69 Å². The molecule has 0 aliphatic heterocycles. The third-order valence-electron chi connectivity index (χ3n) is 2.90. The van der Waals surface area contributed by atoms with Gasteiger partial charge in [-0.25, -0.2) is 4.79 Å². The molecule has 0 bridgehead atoms. The zero-order valence-electron chi connectivity index (χ0n) is 10.5. The number of carbonyl (C=O) groups is 1. The second-order valence-corrected chi connectivity index (χ2v) is 4.68. The van der Waals surface area contributed by atoms with Gasteiger partial charge in [0, 0.05) is 17.1 Å². The summed E-state index contributed by atoms with van der Waals surface area (Å²) in [5.41, 5.74) is 6.67. The van der Waals surface area contributed by atoms with Crippen LogP contribution >= 0.6 is 11.6 Å². The Balaban J connectivity index is 2.51. The topological polar surface area (TPSA) is 101 Å². The number of halogens is 1. The molecule has 106 valence electrons. The smallest absolute Gasteiger partial charge is 0.354 e. The number of benzene rings is 1. The molecule has 0 spiro atoms. The lowest BCUT2D eigenvalue weighted by atomic mass is 10.1. The standard InChI is InChI=1S/C13H14ClN3O3/c14-9-3-1-2-8(4-9)11-5-12(13(19)20)17(16-11)10(6-15)7-18/h1-5,10,18H,6-7,15H2,(H,19,20). The van der Waals surface area contributed by atoms with Crippen LogP contribution in [0.15, 0.2) is 30.3 Å². The SMILES string of the molecule is NCC(CO)n1nc(-c2cccc(Cl)c2)cc1C(=O)O. The fourth-order valence-electron chi connectivity index (χ4n) is 1.87. The average Bonchev–Trinajstić information content (AvgIpc) is 2.85. The van der Waals surface area contributed by atoms with Crippen molar-refractivity contribution < 1.29 is 15.0 Å². The Morgan fingerprint density at radius 2 is 2.20 bits per heavy atom. The largest absolute Gasteiger partial charge is 0.477 e. The Hall–Kier alpha value is -1.89. The first kappa shape index (κ1) is 14.5. The number of hydrogen-bond donors (Lipinski definition) is 3. The maximum Gasteiger partial charge on any atom is 0.354 e. The zero-order chi connectivity index (χ0) is 14.7. The Kier molecular flexibility index (Phi) is 4.39. The van der Waals surface area contributed by atoms with Gasteiger partial charge in [0.25, 0.3) is 0 Å². The number of carboxylic acid groups (broad SMARTS) is 1. The highest BCUT2D eigenvalue weighted by Crippen LogP contribution is 2.24. The van der Waals surface area contributed by atoms with Gasteiger partial charge in [0.2, 0.25) is 0 Å². The Bertz CT molecular complexity index is 623. The lowest BCUT2D eigenvalue weighted by Gasteiger charge is -2.13. The first-order chi connectivity index (χ1) is 9.56. The van der Waals surface area contributed by atoms with E-state index in [-0.39, 0.29) is 18.8 Å². The Morgan fingerprint density at radius 3 is 2.75 bits per heavy atom. The number of aromatic nitrogens is 2. The highest BCUT2D eigenvalue weighted by molar-refractivity contribution is 6.30. The van der Waals surface area contributed by atoms with Crippen molar-refractivity contribution in [2.45, 2.75) is 6.04 Å². The second kappa shape index (κ2) is 6.04. The van der Waals surface area contributed by atoms with Crippen LogP contribution in [0.4, 0.5) is 0 Å². The number of aromatic carboxylic acids is 1. The fraction of sp³-hybridized carbons (Fsp3) is 0.231. The van der Waals surface area contributed by atoms with Crippen molar-refractivity contribution in [1.29, 1.82) is 0 Å². The minimum Gasteiger partial charge on any atom is -0.477 e.